The molecule has 0 aliphatic rings. The summed E-state index contributed by atoms with van der Waals surface area (Å²) in [6.07, 6.45) is -2.67. The van der Waals surface area contributed by atoms with Gasteiger partial charge in [-0.2, -0.15) is 0 Å². The van der Waals surface area contributed by atoms with E-state index in [2.05, 4.69) is 9.72 Å². The van der Waals surface area contributed by atoms with Gasteiger partial charge in [-0.1, -0.05) is 0 Å². The maximum absolute atomic E-state index is 12.5. The van der Waals surface area contributed by atoms with Gasteiger partial charge in [-0.15, -0.1) is 0 Å². The van der Waals surface area contributed by atoms with E-state index in [4.69, 9.17) is 5.73 Å². The molecule has 0 aliphatic heterocycles. The summed E-state index contributed by atoms with van der Waals surface area (Å²) in [6.45, 7) is 0.0740. The van der Waals surface area contributed by atoms with Gasteiger partial charge in [-0.25, -0.2) is 13.8 Å². The molecule has 94 valence electrons. The second kappa shape index (κ2) is 6.20. The molecule has 0 amide bonds. The fourth-order valence-electron chi connectivity index (χ4n) is 1.31. The zero-order valence-corrected chi connectivity index (χ0v) is 11.2. The predicted molar refractivity (Wildman–Crippen MR) is 65.5 cm³/mol. The highest BCUT2D eigenvalue weighted by molar-refractivity contribution is 14.1. The summed E-state index contributed by atoms with van der Waals surface area (Å²) < 4.78 is 29.9. The number of nitrogens with zero attached hydrogens (tertiary/aromatic N) is 1. The summed E-state index contributed by atoms with van der Waals surface area (Å²) >= 11 is 1.81. The minimum Gasteiger partial charge on any atom is -0.469 e. The molecule has 0 aromatic carbocycles. The van der Waals surface area contributed by atoms with E-state index in [0.29, 0.717) is 14.8 Å². The van der Waals surface area contributed by atoms with Crippen LogP contribution >= 0.6 is 22.6 Å². The van der Waals surface area contributed by atoms with Gasteiger partial charge in [-0.3, -0.25) is 4.79 Å². The van der Waals surface area contributed by atoms with Gasteiger partial charge < -0.3 is 10.5 Å². The number of carbonyl (C=O) groups excluding carboxylic acids is 1. The first-order valence-electron chi connectivity index (χ1n) is 4.72. The van der Waals surface area contributed by atoms with Crippen molar-refractivity contribution in [3.8, 4) is 0 Å². The third-order valence-corrected chi connectivity index (χ3v) is 3.07. The number of hydrogen-bond donors (Lipinski definition) is 1. The summed E-state index contributed by atoms with van der Waals surface area (Å²) in [7, 11) is 1.26. The van der Waals surface area contributed by atoms with Gasteiger partial charge in [0.2, 0.25) is 0 Å². The lowest BCUT2D eigenvalue weighted by atomic mass is 10.1. The fourth-order valence-corrected chi connectivity index (χ4v) is 2.12. The SMILES string of the molecule is COC(=O)Cc1c(CN)cc(C(F)F)nc1I. The van der Waals surface area contributed by atoms with Crippen LogP contribution in [-0.4, -0.2) is 18.1 Å². The van der Waals surface area contributed by atoms with Crippen LogP contribution in [0.25, 0.3) is 0 Å². The summed E-state index contributed by atoms with van der Waals surface area (Å²) in [5.41, 5.74) is 6.18. The molecule has 2 N–H and O–H groups in total. The Labute approximate surface area is 111 Å². The topological polar surface area (TPSA) is 65.2 Å². The molecular formula is C10H11F2IN2O2. The van der Waals surface area contributed by atoms with Crippen molar-refractivity contribution >= 4 is 28.6 Å². The molecule has 1 heterocycles. The van der Waals surface area contributed by atoms with E-state index in [1.807, 2.05) is 22.6 Å². The third-order valence-electron chi connectivity index (χ3n) is 2.18. The molecule has 7 heteroatoms. The van der Waals surface area contributed by atoms with Gasteiger partial charge in [0.15, 0.2) is 0 Å². The number of pyridine rings is 1. The second-order valence-corrected chi connectivity index (χ2v) is 4.26. The Bertz CT molecular complexity index is 427. The maximum atomic E-state index is 12.5. The van der Waals surface area contributed by atoms with Crippen molar-refractivity contribution in [3.63, 3.8) is 0 Å². The van der Waals surface area contributed by atoms with Crippen molar-refractivity contribution in [1.82, 2.24) is 4.98 Å². The number of halogens is 3. The number of ether oxygens (including phenoxy) is 1. The summed E-state index contributed by atoms with van der Waals surface area (Å²) in [5, 5.41) is 0. The van der Waals surface area contributed by atoms with Gasteiger partial charge >= 0.3 is 5.97 Å². The summed E-state index contributed by atoms with van der Waals surface area (Å²) in [6, 6.07) is 1.23. The van der Waals surface area contributed by atoms with Crippen LogP contribution in [-0.2, 0) is 22.5 Å². The first kappa shape index (κ1) is 14.2. The van der Waals surface area contributed by atoms with Crippen LogP contribution in [0.5, 0.6) is 0 Å². The molecule has 0 saturated heterocycles. The number of nitrogens with two attached hydrogens (primary N) is 1. The Hall–Kier alpha value is -0.830. The van der Waals surface area contributed by atoms with Crippen molar-refractivity contribution in [1.29, 1.82) is 0 Å². The zero-order valence-electron chi connectivity index (χ0n) is 9.04. The van der Waals surface area contributed by atoms with Crippen LogP contribution in [0.4, 0.5) is 8.78 Å². The van der Waals surface area contributed by atoms with Crippen LogP contribution in [0.1, 0.15) is 23.2 Å². The highest BCUT2D eigenvalue weighted by atomic mass is 127. The Morgan fingerprint density at radius 1 is 1.65 bits per heavy atom. The second-order valence-electron chi connectivity index (χ2n) is 3.23. The van der Waals surface area contributed by atoms with Crippen LogP contribution in [0.15, 0.2) is 6.07 Å². The number of carbonyl (C=O) groups is 1. The van der Waals surface area contributed by atoms with E-state index in [1.54, 1.807) is 0 Å². The third kappa shape index (κ3) is 3.56. The first-order chi connectivity index (χ1) is 7.99. The highest BCUT2D eigenvalue weighted by Gasteiger charge is 2.17. The molecular weight excluding hydrogens is 345 g/mol. The van der Waals surface area contributed by atoms with E-state index in [-0.39, 0.29) is 18.7 Å². The van der Waals surface area contributed by atoms with Gasteiger partial charge in [0, 0.05) is 6.54 Å². The van der Waals surface area contributed by atoms with Crippen LogP contribution in [0.3, 0.4) is 0 Å². The standard InChI is InChI=1S/C10H11F2IN2O2/c1-17-8(16)3-6-5(4-14)2-7(9(11)12)15-10(6)13/h2,9H,3-4,14H2,1H3. The average Bonchev–Trinajstić information content (AvgIpc) is 2.30. The van der Waals surface area contributed by atoms with Crippen molar-refractivity contribution in [3.05, 3.63) is 26.6 Å². The Kier molecular flexibility index (Phi) is 5.19. The Balaban J connectivity index is 3.16. The summed E-state index contributed by atoms with van der Waals surface area (Å²) in [5.74, 6) is -0.454. The molecule has 0 fully saturated rings. The van der Waals surface area contributed by atoms with Gasteiger partial charge in [0.05, 0.1) is 13.5 Å². The molecule has 0 radical (unpaired) electrons. The maximum Gasteiger partial charge on any atom is 0.310 e. The molecule has 1 aromatic rings. The highest BCUT2D eigenvalue weighted by Crippen LogP contribution is 2.23. The molecule has 17 heavy (non-hydrogen) atoms. The smallest absolute Gasteiger partial charge is 0.310 e. The van der Waals surface area contributed by atoms with E-state index in [1.165, 1.54) is 13.2 Å². The number of hydrogen-bond acceptors (Lipinski definition) is 4. The first-order valence-corrected chi connectivity index (χ1v) is 5.80. The molecule has 0 saturated carbocycles. The number of methoxy groups -OCH3 is 1. The Morgan fingerprint density at radius 3 is 2.76 bits per heavy atom. The molecule has 0 aliphatic carbocycles. The van der Waals surface area contributed by atoms with E-state index >= 15 is 0 Å². The number of alkyl halides is 2. The fraction of sp³-hybridized carbons (Fsp3) is 0.400. The molecule has 0 spiro atoms. The van der Waals surface area contributed by atoms with Gasteiger partial charge in [0.25, 0.3) is 6.43 Å². The molecule has 1 aromatic heterocycles. The number of aromatic nitrogens is 1. The van der Waals surface area contributed by atoms with Crippen LogP contribution in [0, 0.1) is 3.70 Å². The van der Waals surface area contributed by atoms with Crippen molar-refractivity contribution in [2.75, 3.05) is 7.11 Å². The largest absolute Gasteiger partial charge is 0.469 e. The number of esters is 1. The van der Waals surface area contributed by atoms with Gasteiger partial charge in [-0.05, 0) is 39.8 Å². The minimum atomic E-state index is -2.65. The van der Waals surface area contributed by atoms with E-state index < -0.39 is 12.4 Å². The molecule has 0 unspecified atom stereocenters. The minimum absolute atomic E-state index is 0.0160. The van der Waals surface area contributed by atoms with Crippen LogP contribution in [0.2, 0.25) is 0 Å². The lowest BCUT2D eigenvalue weighted by molar-refractivity contribution is -0.139. The molecule has 4 nitrogen and oxygen atoms in total. The average molecular weight is 356 g/mol. The van der Waals surface area contributed by atoms with Crippen molar-refractivity contribution in [2.24, 2.45) is 5.73 Å². The lowest BCUT2D eigenvalue weighted by Gasteiger charge is -2.11. The predicted octanol–water partition coefficient (Wildman–Crippen LogP) is 1.80. The number of rotatable bonds is 4. The van der Waals surface area contributed by atoms with Crippen LogP contribution < -0.4 is 5.73 Å². The normalized spacial score (nSPS) is 10.7. The summed E-state index contributed by atoms with van der Waals surface area (Å²) in [4.78, 5) is 14.9. The molecule has 1 rings (SSSR count). The van der Waals surface area contributed by atoms with Gasteiger partial charge in [0.1, 0.15) is 9.39 Å². The van der Waals surface area contributed by atoms with Crippen molar-refractivity contribution < 1.29 is 18.3 Å². The molecule has 0 bridgehead atoms. The lowest BCUT2D eigenvalue weighted by Crippen LogP contribution is -2.13. The Morgan fingerprint density at radius 2 is 2.29 bits per heavy atom. The van der Waals surface area contributed by atoms with E-state index in [0.717, 1.165) is 0 Å². The monoisotopic (exact) mass is 356 g/mol. The van der Waals surface area contributed by atoms with Crippen molar-refractivity contribution in [2.45, 2.75) is 19.4 Å². The zero-order chi connectivity index (χ0) is 13.0. The molecule has 0 atom stereocenters. The van der Waals surface area contributed by atoms with E-state index in [9.17, 15) is 13.6 Å². The quantitative estimate of drug-likeness (QED) is 0.508.